The summed E-state index contributed by atoms with van der Waals surface area (Å²) in [5.41, 5.74) is 1.18. The van der Waals surface area contributed by atoms with Gasteiger partial charge in [-0.3, -0.25) is 18.7 Å². The molecular weight excluding hydrogens is 629 g/mol. The Bertz CT molecular complexity index is 1240. The van der Waals surface area contributed by atoms with Gasteiger partial charge in [0, 0.05) is 37.2 Å². The number of benzene rings is 1. The summed E-state index contributed by atoms with van der Waals surface area (Å²) in [6.07, 6.45) is 8.24. The third-order valence-electron chi connectivity index (χ3n) is 8.43. The highest BCUT2D eigenvalue weighted by molar-refractivity contribution is 7.59. The van der Waals surface area contributed by atoms with Crippen molar-refractivity contribution < 1.29 is 53.1 Å². The molecule has 2 fully saturated rings. The molecule has 1 aliphatic heterocycles. The molecule has 12 nitrogen and oxygen atoms in total. The first-order chi connectivity index (χ1) is 22.2. The fourth-order valence-corrected chi connectivity index (χ4v) is 8.24. The van der Waals surface area contributed by atoms with Gasteiger partial charge in [-0.05, 0) is 43.1 Å². The zero-order valence-corrected chi connectivity index (χ0v) is 28.5. The molecule has 2 aliphatic rings. The topological polar surface area (TPSA) is 185 Å². The molecule has 3 rings (SSSR count). The van der Waals surface area contributed by atoms with E-state index in [-0.39, 0.29) is 30.6 Å². The molecule has 1 heterocycles. The van der Waals surface area contributed by atoms with Crippen molar-refractivity contribution >= 4 is 37.2 Å². The second-order valence-corrected chi connectivity index (χ2v) is 15.1. The van der Waals surface area contributed by atoms with Crippen molar-refractivity contribution in [2.24, 2.45) is 17.8 Å². The van der Waals surface area contributed by atoms with Crippen LogP contribution >= 0.6 is 7.37 Å². The molecule has 1 aromatic rings. The number of hydrogen-bond acceptors (Lipinski definition) is 8. The molecule has 47 heavy (non-hydrogen) atoms. The van der Waals surface area contributed by atoms with Gasteiger partial charge in [-0.15, -0.1) is 0 Å². The number of esters is 1. The number of carbonyl (C=O) groups is 5. The zero-order valence-electron chi connectivity index (χ0n) is 27.6. The van der Waals surface area contributed by atoms with Crippen LogP contribution in [0.1, 0.15) is 84.1 Å². The molecule has 1 amide bonds. The van der Waals surface area contributed by atoms with Crippen molar-refractivity contribution in [2.45, 2.75) is 97.3 Å². The lowest BCUT2D eigenvalue weighted by Crippen LogP contribution is -2.42. The van der Waals surface area contributed by atoms with Gasteiger partial charge in [0.25, 0.3) is 0 Å². The summed E-state index contributed by atoms with van der Waals surface area (Å²) < 4.78 is 25.7. The summed E-state index contributed by atoms with van der Waals surface area (Å²) in [4.78, 5) is 58.3. The van der Waals surface area contributed by atoms with Crippen molar-refractivity contribution in [3.63, 3.8) is 0 Å². The molecule has 1 saturated carbocycles. The molecule has 1 aliphatic carbocycles. The number of unbranched alkanes of at least 4 members (excludes halogenated alkanes) is 1. The maximum absolute atomic E-state index is 14.2. The number of hydrogen-bond donors (Lipinski definition) is 3. The van der Waals surface area contributed by atoms with Crippen LogP contribution in [0.5, 0.6) is 0 Å². The summed E-state index contributed by atoms with van der Waals surface area (Å²) in [5.74, 6) is -4.12. The number of aryl methyl sites for hydroxylation is 1. The van der Waals surface area contributed by atoms with Crippen LogP contribution in [0.2, 0.25) is 0 Å². The second-order valence-electron chi connectivity index (χ2n) is 12.5. The van der Waals surface area contributed by atoms with Gasteiger partial charge in [-0.25, -0.2) is 14.4 Å². The third-order valence-corrected chi connectivity index (χ3v) is 10.8. The first-order valence-electron chi connectivity index (χ1n) is 16.4. The van der Waals surface area contributed by atoms with E-state index in [0.717, 1.165) is 38.5 Å². The van der Waals surface area contributed by atoms with E-state index in [2.05, 4.69) is 0 Å². The lowest BCUT2D eigenvalue weighted by atomic mass is 9.79. The minimum absolute atomic E-state index is 0.149. The number of carboxylic acids is 3. The molecule has 0 bridgehead atoms. The smallest absolute Gasteiger partial charge is 0.328 e. The quantitative estimate of drug-likeness (QED) is 0.0627. The van der Waals surface area contributed by atoms with E-state index in [9.17, 15) is 33.6 Å². The SMILES string of the molecule is CCC(=O)OC(O[P@](=O)(CCCCc1ccccc1)CC(=O)N1C[C@H](C2CCCCC2)C[C@H]1C(=O)O)C(C)C.O=C(O)/C=C\C(=O)O. The molecule has 0 radical (unpaired) electrons. The predicted molar refractivity (Wildman–Crippen MR) is 175 cm³/mol. The number of likely N-dealkylation sites (tertiary alicyclic amines) is 1. The van der Waals surface area contributed by atoms with Gasteiger partial charge in [0.15, 0.2) is 0 Å². The fraction of sp³-hybridized carbons (Fsp3) is 0.618. The average molecular weight is 680 g/mol. The summed E-state index contributed by atoms with van der Waals surface area (Å²) >= 11 is 0. The van der Waals surface area contributed by atoms with Crippen LogP contribution in [0, 0.1) is 17.8 Å². The van der Waals surface area contributed by atoms with E-state index in [4.69, 9.17) is 19.5 Å². The number of nitrogens with zero attached hydrogens (tertiary/aromatic N) is 1. The molecule has 1 aromatic carbocycles. The number of rotatable bonds is 16. The van der Waals surface area contributed by atoms with Gasteiger partial charge < -0.3 is 25.0 Å². The molecule has 0 aromatic heterocycles. The summed E-state index contributed by atoms with van der Waals surface area (Å²) in [5, 5.41) is 25.5. The summed E-state index contributed by atoms with van der Waals surface area (Å²) in [7, 11) is -3.60. The van der Waals surface area contributed by atoms with E-state index >= 15 is 0 Å². The number of ether oxygens (including phenoxy) is 1. The number of carbonyl (C=O) groups excluding carboxylic acids is 2. The largest absolute Gasteiger partial charge is 0.480 e. The summed E-state index contributed by atoms with van der Waals surface area (Å²) in [6.45, 7) is 5.68. The first kappa shape index (κ1) is 39.7. The van der Waals surface area contributed by atoms with Gasteiger partial charge in [0.05, 0.1) is 0 Å². The van der Waals surface area contributed by atoms with Crippen molar-refractivity contribution in [3.05, 3.63) is 48.0 Å². The Labute approximate surface area is 277 Å². The van der Waals surface area contributed by atoms with Gasteiger partial charge in [0.2, 0.25) is 19.6 Å². The maximum Gasteiger partial charge on any atom is 0.328 e. The van der Waals surface area contributed by atoms with Crippen molar-refractivity contribution in [2.75, 3.05) is 18.9 Å². The first-order valence-corrected chi connectivity index (χ1v) is 18.4. The molecule has 1 unspecified atom stereocenters. The second kappa shape index (κ2) is 20.0. The van der Waals surface area contributed by atoms with Gasteiger partial charge in [-0.2, -0.15) is 0 Å². The van der Waals surface area contributed by atoms with E-state index in [0.29, 0.717) is 37.5 Å². The highest BCUT2D eigenvalue weighted by Crippen LogP contribution is 2.51. The van der Waals surface area contributed by atoms with E-state index in [1.165, 1.54) is 16.9 Å². The Morgan fingerprint density at radius 1 is 0.936 bits per heavy atom. The average Bonchev–Trinajstić information content (AvgIpc) is 3.49. The monoisotopic (exact) mass is 679 g/mol. The van der Waals surface area contributed by atoms with Crippen LogP contribution in [-0.4, -0.2) is 81.2 Å². The number of amides is 1. The standard InChI is InChI=1S/C30H46NO7P.C4H4O4/c1-4-28(33)37-30(22(2)3)38-39(36,18-12-11-15-23-13-7-5-8-14-23)21-27(32)31-20-25(19-26(31)29(34)35)24-16-9-6-10-17-24;5-3(6)1-2-4(7)8/h5,7-8,13-14,22,24-26,30H,4,6,9-12,15-21H2,1-3H3,(H,34,35);1-2H,(H,5,6)(H,7,8)/b;2-1-/t25-,26+,30?,39-;/m1./s1. The Morgan fingerprint density at radius 2 is 1.55 bits per heavy atom. The van der Waals surface area contributed by atoms with E-state index < -0.39 is 49.5 Å². The van der Waals surface area contributed by atoms with Crippen LogP contribution in [0.25, 0.3) is 0 Å². The molecular formula is C34H50NO11P. The molecule has 13 heteroatoms. The minimum atomic E-state index is -3.60. The lowest BCUT2D eigenvalue weighted by Gasteiger charge is -2.30. The van der Waals surface area contributed by atoms with Crippen molar-refractivity contribution in [1.82, 2.24) is 4.90 Å². The van der Waals surface area contributed by atoms with E-state index in [1.54, 1.807) is 6.92 Å². The maximum atomic E-state index is 14.2. The van der Waals surface area contributed by atoms with Gasteiger partial charge in [-0.1, -0.05) is 83.2 Å². The Balaban J connectivity index is 0.000000849. The van der Waals surface area contributed by atoms with E-state index in [1.807, 2.05) is 44.2 Å². The lowest BCUT2D eigenvalue weighted by molar-refractivity contribution is -0.169. The van der Waals surface area contributed by atoms with Crippen LogP contribution in [0.15, 0.2) is 42.5 Å². The number of carboxylic acid groups (broad SMARTS) is 3. The molecule has 4 atom stereocenters. The highest BCUT2D eigenvalue weighted by Gasteiger charge is 2.44. The summed E-state index contributed by atoms with van der Waals surface area (Å²) in [6, 6.07) is 9.10. The Hall–Kier alpha value is -3.50. The van der Waals surface area contributed by atoms with Gasteiger partial charge >= 0.3 is 23.9 Å². The minimum Gasteiger partial charge on any atom is -0.480 e. The molecule has 0 spiro atoms. The normalized spacial score (nSPS) is 20.2. The zero-order chi connectivity index (χ0) is 35.0. The van der Waals surface area contributed by atoms with Crippen LogP contribution in [-0.2, 0) is 44.2 Å². The van der Waals surface area contributed by atoms with Gasteiger partial charge in [0.1, 0.15) is 12.2 Å². The van der Waals surface area contributed by atoms with Crippen molar-refractivity contribution in [3.8, 4) is 0 Å². The molecule has 3 N–H and O–H groups in total. The Morgan fingerprint density at radius 3 is 2.09 bits per heavy atom. The Kier molecular flexibility index (Phi) is 16.9. The van der Waals surface area contributed by atoms with Crippen LogP contribution < -0.4 is 0 Å². The van der Waals surface area contributed by atoms with Crippen LogP contribution in [0.4, 0.5) is 0 Å². The fourth-order valence-electron chi connectivity index (χ4n) is 5.94. The molecule has 1 saturated heterocycles. The predicted octanol–water partition coefficient (Wildman–Crippen LogP) is 5.83. The number of aliphatic carboxylic acids is 3. The molecule has 262 valence electrons. The highest BCUT2D eigenvalue weighted by atomic mass is 31.2. The third kappa shape index (κ3) is 14.4. The van der Waals surface area contributed by atoms with Crippen LogP contribution in [0.3, 0.4) is 0 Å². The van der Waals surface area contributed by atoms with Crippen molar-refractivity contribution in [1.29, 1.82) is 0 Å².